The number of halogens is 1. The molecule has 0 spiro atoms. The number of aryl methyl sites for hydroxylation is 3. The summed E-state index contributed by atoms with van der Waals surface area (Å²) < 4.78 is 13.3. The SMILES string of the molecule is CCc1[c]c(CC)c(F)c(C)c1. The molecule has 0 saturated carbocycles. The van der Waals surface area contributed by atoms with Gasteiger partial charge in [-0.1, -0.05) is 19.9 Å². The zero-order valence-corrected chi connectivity index (χ0v) is 7.87. The summed E-state index contributed by atoms with van der Waals surface area (Å²) in [7, 11) is 0. The fourth-order valence-corrected chi connectivity index (χ4v) is 1.28. The van der Waals surface area contributed by atoms with Gasteiger partial charge in [-0.3, -0.25) is 0 Å². The Bertz CT molecular complexity index is 277. The average Bonchev–Trinajstić information content (AvgIpc) is 2.09. The molecule has 0 saturated heterocycles. The van der Waals surface area contributed by atoms with Gasteiger partial charge in [0.1, 0.15) is 5.82 Å². The van der Waals surface area contributed by atoms with Crippen molar-refractivity contribution in [2.24, 2.45) is 0 Å². The van der Waals surface area contributed by atoms with Crippen LogP contribution in [0, 0.1) is 18.8 Å². The average molecular weight is 165 g/mol. The van der Waals surface area contributed by atoms with Crippen molar-refractivity contribution in [2.45, 2.75) is 33.6 Å². The maximum Gasteiger partial charge on any atom is 0.129 e. The predicted molar refractivity (Wildman–Crippen MR) is 48.7 cm³/mol. The van der Waals surface area contributed by atoms with Gasteiger partial charge in [0, 0.05) is 0 Å². The van der Waals surface area contributed by atoms with Crippen LogP contribution in [-0.4, -0.2) is 0 Å². The Hall–Kier alpha value is -0.850. The molecule has 0 unspecified atom stereocenters. The first kappa shape index (κ1) is 9.24. The first-order chi connectivity index (χ1) is 5.69. The summed E-state index contributed by atoms with van der Waals surface area (Å²) >= 11 is 0. The number of rotatable bonds is 2. The fourth-order valence-electron chi connectivity index (χ4n) is 1.28. The highest BCUT2D eigenvalue weighted by atomic mass is 19.1. The molecule has 0 amide bonds. The monoisotopic (exact) mass is 165 g/mol. The molecule has 65 valence electrons. The molecule has 0 atom stereocenters. The van der Waals surface area contributed by atoms with E-state index in [9.17, 15) is 4.39 Å². The summed E-state index contributed by atoms with van der Waals surface area (Å²) in [4.78, 5) is 0. The van der Waals surface area contributed by atoms with E-state index in [1.807, 2.05) is 19.9 Å². The second kappa shape index (κ2) is 3.70. The topological polar surface area (TPSA) is 0 Å². The Kier molecular flexibility index (Phi) is 2.85. The Balaban J connectivity index is 3.19. The van der Waals surface area contributed by atoms with Crippen LogP contribution in [0.15, 0.2) is 6.07 Å². The van der Waals surface area contributed by atoms with E-state index in [2.05, 4.69) is 13.0 Å². The molecule has 0 N–H and O–H groups in total. The van der Waals surface area contributed by atoms with E-state index >= 15 is 0 Å². The molecule has 1 aromatic rings. The summed E-state index contributed by atoms with van der Waals surface area (Å²) in [6.45, 7) is 5.82. The van der Waals surface area contributed by atoms with Crippen molar-refractivity contribution in [1.82, 2.24) is 0 Å². The fraction of sp³-hybridized carbons (Fsp3) is 0.455. The highest BCUT2D eigenvalue weighted by Crippen LogP contribution is 2.15. The van der Waals surface area contributed by atoms with Crippen LogP contribution in [0.25, 0.3) is 0 Å². The van der Waals surface area contributed by atoms with Gasteiger partial charge in [0.25, 0.3) is 0 Å². The smallest absolute Gasteiger partial charge is 0.129 e. The molecule has 0 nitrogen and oxygen atoms in total. The van der Waals surface area contributed by atoms with E-state index in [1.165, 1.54) is 0 Å². The molecule has 0 fully saturated rings. The zero-order valence-electron chi connectivity index (χ0n) is 7.87. The van der Waals surface area contributed by atoms with E-state index in [0.29, 0.717) is 5.56 Å². The normalized spacial score (nSPS) is 10.3. The van der Waals surface area contributed by atoms with E-state index < -0.39 is 0 Å². The van der Waals surface area contributed by atoms with Gasteiger partial charge in [0.15, 0.2) is 0 Å². The third-order valence-corrected chi connectivity index (χ3v) is 2.05. The van der Waals surface area contributed by atoms with Gasteiger partial charge in [-0.2, -0.15) is 0 Å². The highest BCUT2D eigenvalue weighted by Gasteiger charge is 2.05. The van der Waals surface area contributed by atoms with Gasteiger partial charge in [0.05, 0.1) is 0 Å². The third kappa shape index (κ3) is 1.66. The van der Waals surface area contributed by atoms with E-state index in [4.69, 9.17) is 0 Å². The van der Waals surface area contributed by atoms with Crippen molar-refractivity contribution in [3.05, 3.63) is 34.6 Å². The summed E-state index contributed by atoms with van der Waals surface area (Å²) in [5.74, 6) is -0.0882. The molecule has 12 heavy (non-hydrogen) atoms. The summed E-state index contributed by atoms with van der Waals surface area (Å²) in [5.41, 5.74) is 2.56. The van der Waals surface area contributed by atoms with Crippen molar-refractivity contribution in [3.8, 4) is 0 Å². The van der Waals surface area contributed by atoms with Gasteiger partial charge >= 0.3 is 0 Å². The quantitative estimate of drug-likeness (QED) is 0.631. The Morgan fingerprint density at radius 1 is 1.33 bits per heavy atom. The largest absolute Gasteiger partial charge is 0.206 e. The Labute approximate surface area is 73.4 Å². The van der Waals surface area contributed by atoms with Crippen molar-refractivity contribution in [3.63, 3.8) is 0 Å². The first-order valence-corrected chi connectivity index (χ1v) is 4.39. The summed E-state index contributed by atoms with van der Waals surface area (Å²) in [5, 5.41) is 0. The molecule has 0 aliphatic heterocycles. The first-order valence-electron chi connectivity index (χ1n) is 4.39. The van der Waals surface area contributed by atoms with Gasteiger partial charge < -0.3 is 0 Å². The molecule has 1 rings (SSSR count). The van der Waals surface area contributed by atoms with Crippen LogP contribution in [0.4, 0.5) is 4.39 Å². The number of benzene rings is 1. The van der Waals surface area contributed by atoms with Crippen LogP contribution in [0.3, 0.4) is 0 Å². The number of hydrogen-bond acceptors (Lipinski definition) is 0. The molecular weight excluding hydrogens is 151 g/mol. The molecule has 1 heteroatoms. The molecule has 1 aromatic carbocycles. The van der Waals surface area contributed by atoms with Crippen LogP contribution in [0.5, 0.6) is 0 Å². The molecule has 0 aliphatic carbocycles. The molecule has 0 aromatic heterocycles. The maximum absolute atomic E-state index is 13.3. The van der Waals surface area contributed by atoms with Gasteiger partial charge in [-0.25, -0.2) is 4.39 Å². The Morgan fingerprint density at radius 2 is 2.00 bits per heavy atom. The second-order valence-electron chi connectivity index (χ2n) is 2.98. The van der Waals surface area contributed by atoms with Crippen LogP contribution >= 0.6 is 0 Å². The van der Waals surface area contributed by atoms with E-state index in [-0.39, 0.29) is 5.82 Å². The minimum absolute atomic E-state index is 0.0882. The third-order valence-electron chi connectivity index (χ3n) is 2.05. The van der Waals surface area contributed by atoms with Gasteiger partial charge in [0.2, 0.25) is 0 Å². The zero-order chi connectivity index (χ0) is 9.14. The minimum atomic E-state index is -0.0882. The van der Waals surface area contributed by atoms with Gasteiger partial charge in [-0.15, -0.1) is 0 Å². The summed E-state index contributed by atoms with van der Waals surface area (Å²) in [6.07, 6.45) is 1.65. The van der Waals surface area contributed by atoms with Crippen LogP contribution in [0.2, 0.25) is 0 Å². The van der Waals surface area contributed by atoms with E-state index in [0.717, 1.165) is 24.0 Å². The Morgan fingerprint density at radius 3 is 2.50 bits per heavy atom. The van der Waals surface area contributed by atoms with E-state index in [1.54, 1.807) is 0 Å². The molecule has 0 aliphatic rings. The van der Waals surface area contributed by atoms with Crippen molar-refractivity contribution in [1.29, 1.82) is 0 Å². The lowest BCUT2D eigenvalue weighted by Crippen LogP contribution is -1.95. The lowest BCUT2D eigenvalue weighted by molar-refractivity contribution is 0.601. The second-order valence-corrected chi connectivity index (χ2v) is 2.98. The standard InChI is InChI=1S/C11H14F/c1-4-9-6-8(3)11(12)10(5-2)7-9/h6H,4-5H2,1-3H3. The van der Waals surface area contributed by atoms with Crippen molar-refractivity contribution in [2.75, 3.05) is 0 Å². The summed E-state index contributed by atoms with van der Waals surface area (Å²) in [6, 6.07) is 4.95. The highest BCUT2D eigenvalue weighted by molar-refractivity contribution is 5.29. The molecular formula is C11H14F. The van der Waals surface area contributed by atoms with Crippen LogP contribution < -0.4 is 0 Å². The number of hydrogen-bond donors (Lipinski definition) is 0. The van der Waals surface area contributed by atoms with Crippen molar-refractivity contribution >= 4 is 0 Å². The molecule has 0 bridgehead atoms. The molecule has 0 heterocycles. The molecule has 1 radical (unpaired) electrons. The lowest BCUT2D eigenvalue weighted by atomic mass is 10.0. The lowest BCUT2D eigenvalue weighted by Gasteiger charge is -2.05. The maximum atomic E-state index is 13.3. The van der Waals surface area contributed by atoms with Crippen LogP contribution in [-0.2, 0) is 12.8 Å². The minimum Gasteiger partial charge on any atom is -0.206 e. The van der Waals surface area contributed by atoms with Gasteiger partial charge in [-0.05, 0) is 42.5 Å². The predicted octanol–water partition coefficient (Wildman–Crippen LogP) is 3.06. The van der Waals surface area contributed by atoms with Crippen molar-refractivity contribution < 1.29 is 4.39 Å². The van der Waals surface area contributed by atoms with Crippen LogP contribution in [0.1, 0.15) is 30.5 Å².